The van der Waals surface area contributed by atoms with Gasteiger partial charge in [0, 0.05) is 0 Å². The lowest BCUT2D eigenvalue weighted by Gasteiger charge is -2.10. The van der Waals surface area contributed by atoms with E-state index in [4.69, 9.17) is 10.6 Å². The van der Waals surface area contributed by atoms with Gasteiger partial charge in [-0.1, -0.05) is 36.4 Å². The van der Waals surface area contributed by atoms with Gasteiger partial charge in [-0.3, -0.25) is 0 Å². The molecule has 21 heavy (non-hydrogen) atoms. The molecule has 1 aromatic heterocycles. The van der Waals surface area contributed by atoms with E-state index < -0.39 is 0 Å². The summed E-state index contributed by atoms with van der Waals surface area (Å²) in [4.78, 5) is 4.32. The summed E-state index contributed by atoms with van der Waals surface area (Å²) in [6.45, 7) is 0.381. The minimum absolute atomic E-state index is 0.381. The van der Waals surface area contributed by atoms with E-state index in [1.54, 1.807) is 6.07 Å². The molecule has 3 N–H and O–H groups in total. The molecule has 0 aliphatic rings. The van der Waals surface area contributed by atoms with Crippen molar-refractivity contribution in [1.82, 2.24) is 4.98 Å². The second-order valence-electron chi connectivity index (χ2n) is 4.55. The van der Waals surface area contributed by atoms with Gasteiger partial charge >= 0.3 is 0 Å². The van der Waals surface area contributed by atoms with Crippen LogP contribution in [0, 0.1) is 0 Å². The number of nitrogens with zero attached hydrogens (tertiary/aromatic N) is 1. The van der Waals surface area contributed by atoms with Crippen LogP contribution < -0.4 is 16.0 Å². The van der Waals surface area contributed by atoms with Crippen molar-refractivity contribution in [2.75, 3.05) is 5.43 Å². The number of benzene rings is 2. The molecular formula is C16H14BrN3O. The van der Waals surface area contributed by atoms with E-state index in [1.165, 1.54) is 5.39 Å². The first-order valence-electron chi connectivity index (χ1n) is 6.50. The topological polar surface area (TPSA) is 60.2 Å². The summed E-state index contributed by atoms with van der Waals surface area (Å²) in [6, 6.07) is 17.7. The van der Waals surface area contributed by atoms with E-state index in [0.29, 0.717) is 12.4 Å². The number of hydrogen-bond acceptors (Lipinski definition) is 4. The van der Waals surface area contributed by atoms with Crippen LogP contribution in [0.4, 0.5) is 5.82 Å². The zero-order chi connectivity index (χ0) is 14.7. The number of nitrogens with two attached hydrogens (primary N) is 1. The minimum Gasteiger partial charge on any atom is -0.486 e. The highest BCUT2D eigenvalue weighted by atomic mass is 79.9. The predicted octanol–water partition coefficient (Wildman–Crippen LogP) is 3.86. The summed E-state index contributed by atoms with van der Waals surface area (Å²) in [6.07, 6.45) is 0. The molecule has 1 heterocycles. The second-order valence-corrected chi connectivity index (χ2v) is 5.34. The molecule has 3 rings (SSSR count). The highest BCUT2D eigenvalue weighted by Crippen LogP contribution is 2.33. The van der Waals surface area contributed by atoms with Crippen LogP contribution in [-0.4, -0.2) is 4.98 Å². The maximum atomic E-state index is 5.85. The van der Waals surface area contributed by atoms with Gasteiger partial charge in [-0.25, -0.2) is 10.8 Å². The number of halogens is 1. The van der Waals surface area contributed by atoms with E-state index in [0.717, 1.165) is 21.3 Å². The number of aromatic nitrogens is 1. The maximum Gasteiger partial charge on any atom is 0.140 e. The Morgan fingerprint density at radius 3 is 2.76 bits per heavy atom. The van der Waals surface area contributed by atoms with Gasteiger partial charge < -0.3 is 10.2 Å². The number of nitrogens with one attached hydrogen (secondary N) is 1. The molecule has 0 unspecified atom stereocenters. The Hall–Kier alpha value is -2.11. The molecule has 0 atom stereocenters. The fraction of sp³-hybridized carbons (Fsp3) is 0.0625. The fourth-order valence-corrected chi connectivity index (χ4v) is 2.72. The van der Waals surface area contributed by atoms with Crippen molar-refractivity contribution in [3.05, 3.63) is 64.8 Å². The van der Waals surface area contributed by atoms with Crippen molar-refractivity contribution >= 4 is 32.5 Å². The largest absolute Gasteiger partial charge is 0.486 e. The molecule has 0 radical (unpaired) electrons. The molecule has 106 valence electrons. The van der Waals surface area contributed by atoms with Crippen molar-refractivity contribution < 1.29 is 4.74 Å². The van der Waals surface area contributed by atoms with Gasteiger partial charge in [0.25, 0.3) is 0 Å². The van der Waals surface area contributed by atoms with E-state index in [1.807, 2.05) is 36.4 Å². The van der Waals surface area contributed by atoms with Crippen LogP contribution in [0.1, 0.15) is 5.69 Å². The van der Waals surface area contributed by atoms with Crippen LogP contribution in [0.3, 0.4) is 0 Å². The molecule has 2 aromatic carbocycles. The van der Waals surface area contributed by atoms with Crippen molar-refractivity contribution in [3.63, 3.8) is 0 Å². The number of hydrogen-bond donors (Lipinski definition) is 2. The summed E-state index contributed by atoms with van der Waals surface area (Å²) in [5, 5.41) is 2.30. The first-order chi connectivity index (χ1) is 10.3. The second kappa shape index (κ2) is 6.11. The number of hydrazine groups is 1. The molecule has 0 aliphatic carbocycles. The highest BCUT2D eigenvalue weighted by Gasteiger charge is 2.06. The monoisotopic (exact) mass is 343 g/mol. The fourth-order valence-electron chi connectivity index (χ4n) is 2.12. The van der Waals surface area contributed by atoms with Crippen LogP contribution in [0.5, 0.6) is 5.75 Å². The number of nitrogen functional groups attached to an aromatic ring is 1. The molecule has 0 aliphatic heterocycles. The van der Waals surface area contributed by atoms with Crippen LogP contribution in [-0.2, 0) is 6.61 Å². The number of anilines is 1. The zero-order valence-corrected chi connectivity index (χ0v) is 12.8. The Morgan fingerprint density at radius 1 is 1.05 bits per heavy atom. The van der Waals surface area contributed by atoms with Gasteiger partial charge in [0.15, 0.2) is 0 Å². The maximum absolute atomic E-state index is 5.85. The Balaban J connectivity index is 1.83. The average molecular weight is 344 g/mol. The highest BCUT2D eigenvalue weighted by molar-refractivity contribution is 9.10. The van der Waals surface area contributed by atoms with E-state index in [2.05, 4.69) is 38.5 Å². The van der Waals surface area contributed by atoms with Crippen LogP contribution in [0.2, 0.25) is 0 Å². The third-order valence-corrected chi connectivity index (χ3v) is 3.98. The molecule has 0 saturated heterocycles. The molecule has 3 aromatic rings. The molecule has 0 saturated carbocycles. The molecule has 5 heteroatoms. The van der Waals surface area contributed by atoms with E-state index in [9.17, 15) is 0 Å². The van der Waals surface area contributed by atoms with Crippen molar-refractivity contribution in [2.24, 2.45) is 5.84 Å². The van der Waals surface area contributed by atoms with Gasteiger partial charge in [-0.15, -0.1) is 0 Å². The summed E-state index contributed by atoms with van der Waals surface area (Å²) < 4.78 is 6.80. The molecular weight excluding hydrogens is 330 g/mol. The number of pyridine rings is 1. The Kier molecular flexibility index (Phi) is 4.03. The lowest BCUT2D eigenvalue weighted by Crippen LogP contribution is -2.09. The molecule has 0 fully saturated rings. The zero-order valence-electron chi connectivity index (χ0n) is 11.2. The standard InChI is InChI=1S/C16H14BrN3O/c17-16-13-6-2-1-4-11(13)8-9-14(16)21-10-12-5-3-7-15(19-12)20-18/h1-9H,10,18H2,(H,19,20). The number of rotatable bonds is 4. The SMILES string of the molecule is NNc1cccc(COc2ccc3ccccc3c2Br)n1. The first kappa shape index (κ1) is 13.9. The Morgan fingerprint density at radius 2 is 1.90 bits per heavy atom. The van der Waals surface area contributed by atoms with Crippen LogP contribution in [0.15, 0.2) is 59.1 Å². The summed E-state index contributed by atoms with van der Waals surface area (Å²) in [5.41, 5.74) is 3.34. The Labute approximate surface area is 131 Å². The average Bonchev–Trinajstić information content (AvgIpc) is 2.55. The van der Waals surface area contributed by atoms with Gasteiger partial charge in [0.1, 0.15) is 18.2 Å². The van der Waals surface area contributed by atoms with Gasteiger partial charge in [-0.2, -0.15) is 0 Å². The number of fused-ring (bicyclic) bond motifs is 1. The summed E-state index contributed by atoms with van der Waals surface area (Å²) in [5.74, 6) is 6.76. The summed E-state index contributed by atoms with van der Waals surface area (Å²) in [7, 11) is 0. The molecule has 0 amide bonds. The van der Waals surface area contributed by atoms with Crippen LogP contribution >= 0.6 is 15.9 Å². The normalized spacial score (nSPS) is 10.6. The third kappa shape index (κ3) is 2.99. The van der Waals surface area contributed by atoms with E-state index >= 15 is 0 Å². The van der Waals surface area contributed by atoms with Gasteiger partial charge in [-0.05, 0) is 44.9 Å². The van der Waals surface area contributed by atoms with E-state index in [-0.39, 0.29) is 0 Å². The molecule has 0 spiro atoms. The van der Waals surface area contributed by atoms with Crippen molar-refractivity contribution in [1.29, 1.82) is 0 Å². The van der Waals surface area contributed by atoms with Crippen LogP contribution in [0.25, 0.3) is 10.8 Å². The Bertz CT molecular complexity index is 776. The smallest absolute Gasteiger partial charge is 0.140 e. The minimum atomic E-state index is 0.381. The van der Waals surface area contributed by atoms with Crippen molar-refractivity contribution in [3.8, 4) is 5.75 Å². The van der Waals surface area contributed by atoms with Gasteiger partial charge in [0.05, 0.1) is 10.2 Å². The third-order valence-electron chi connectivity index (χ3n) is 3.16. The first-order valence-corrected chi connectivity index (χ1v) is 7.30. The molecule has 4 nitrogen and oxygen atoms in total. The lowest BCUT2D eigenvalue weighted by atomic mass is 10.1. The summed E-state index contributed by atoms with van der Waals surface area (Å²) >= 11 is 3.61. The van der Waals surface area contributed by atoms with Gasteiger partial charge in [0.2, 0.25) is 0 Å². The van der Waals surface area contributed by atoms with Crippen molar-refractivity contribution in [2.45, 2.75) is 6.61 Å². The predicted molar refractivity (Wildman–Crippen MR) is 88.0 cm³/mol. The quantitative estimate of drug-likeness (QED) is 0.557. The number of ether oxygens (including phenoxy) is 1. The molecule has 0 bridgehead atoms. The lowest BCUT2D eigenvalue weighted by molar-refractivity contribution is 0.300.